The van der Waals surface area contributed by atoms with Crippen LogP contribution in [0.2, 0.25) is 0 Å². The van der Waals surface area contributed by atoms with Crippen LogP contribution in [0.1, 0.15) is 30.5 Å². The summed E-state index contributed by atoms with van der Waals surface area (Å²) in [5.74, 6) is -0.262. The largest absolute Gasteiger partial charge is 0.460 e. The molecule has 1 aromatic carbocycles. The summed E-state index contributed by atoms with van der Waals surface area (Å²) in [4.78, 5) is 11.8. The number of carbonyl (C=O) groups excluding carboxylic acids is 1. The van der Waals surface area contributed by atoms with Gasteiger partial charge in [-0.3, -0.25) is 0 Å². The van der Waals surface area contributed by atoms with Gasteiger partial charge in [-0.15, -0.1) is 0 Å². The third-order valence-corrected chi connectivity index (χ3v) is 3.00. The van der Waals surface area contributed by atoms with Crippen LogP contribution in [0.15, 0.2) is 24.8 Å². The number of anilines is 1. The number of aryl methyl sites for hydroxylation is 3. The van der Waals surface area contributed by atoms with Crippen molar-refractivity contribution in [3.8, 4) is 0 Å². The summed E-state index contributed by atoms with van der Waals surface area (Å²) in [5.41, 5.74) is 4.65. The van der Waals surface area contributed by atoms with Gasteiger partial charge in [0.05, 0.1) is 0 Å². The molecule has 0 unspecified atom stereocenters. The van der Waals surface area contributed by atoms with Crippen LogP contribution in [0.4, 0.5) is 5.69 Å². The van der Waals surface area contributed by atoms with E-state index in [0.29, 0.717) is 0 Å². The van der Waals surface area contributed by atoms with E-state index in [1.165, 1.54) is 11.1 Å². The van der Waals surface area contributed by atoms with E-state index in [9.17, 15) is 4.79 Å². The van der Waals surface area contributed by atoms with E-state index in [-0.39, 0.29) is 18.6 Å². The summed E-state index contributed by atoms with van der Waals surface area (Å²) in [6.07, 6.45) is 2.50. The van der Waals surface area contributed by atoms with Crippen LogP contribution in [-0.4, -0.2) is 18.6 Å². The van der Waals surface area contributed by atoms with Gasteiger partial charge in [0.2, 0.25) is 0 Å². The molecule has 0 radical (unpaired) electrons. The Morgan fingerprint density at radius 2 is 2.16 bits per heavy atom. The van der Waals surface area contributed by atoms with Crippen LogP contribution < -0.4 is 5.32 Å². The first-order valence-electron chi connectivity index (χ1n) is 6.63. The molecule has 1 atom stereocenters. The molecule has 0 aliphatic heterocycles. The van der Waals surface area contributed by atoms with Crippen molar-refractivity contribution >= 4 is 11.7 Å². The third-order valence-electron chi connectivity index (χ3n) is 3.00. The van der Waals surface area contributed by atoms with Crippen molar-refractivity contribution in [2.24, 2.45) is 0 Å². The first kappa shape index (κ1) is 15.3. The summed E-state index contributed by atoms with van der Waals surface area (Å²) in [7, 11) is 0. The number of nitrogens with one attached hydrogen (secondary N) is 1. The Hall–Kier alpha value is -1.77. The van der Waals surface area contributed by atoms with Crippen molar-refractivity contribution in [3.05, 3.63) is 41.5 Å². The molecule has 0 bridgehead atoms. The molecule has 0 aliphatic carbocycles. The molecule has 19 heavy (non-hydrogen) atoms. The maximum absolute atomic E-state index is 11.8. The number of hydrogen-bond donors (Lipinski definition) is 1. The summed E-state index contributed by atoms with van der Waals surface area (Å²) < 4.78 is 5.04. The summed E-state index contributed by atoms with van der Waals surface area (Å²) in [6.45, 7) is 11.8. The van der Waals surface area contributed by atoms with Gasteiger partial charge < -0.3 is 10.1 Å². The second-order valence-electron chi connectivity index (χ2n) is 4.75. The molecule has 3 nitrogen and oxygen atoms in total. The van der Waals surface area contributed by atoms with E-state index < -0.39 is 0 Å². The lowest BCUT2D eigenvalue weighted by Gasteiger charge is -2.19. The van der Waals surface area contributed by atoms with Gasteiger partial charge >= 0.3 is 5.97 Å². The Bertz CT molecular complexity index is 466. The number of esters is 1. The van der Waals surface area contributed by atoms with Crippen molar-refractivity contribution in [1.82, 2.24) is 0 Å². The lowest BCUT2D eigenvalue weighted by Crippen LogP contribution is -2.29. The highest BCUT2D eigenvalue weighted by molar-refractivity contribution is 5.79. The molecular formula is C16H23NO2. The first-order chi connectivity index (χ1) is 8.99. The van der Waals surface area contributed by atoms with E-state index in [1.54, 1.807) is 6.08 Å². The van der Waals surface area contributed by atoms with Crippen LogP contribution in [0.5, 0.6) is 0 Å². The van der Waals surface area contributed by atoms with E-state index in [1.807, 2.05) is 6.92 Å². The number of carbonyl (C=O) groups is 1. The van der Waals surface area contributed by atoms with Crippen LogP contribution in [0.3, 0.4) is 0 Å². The Labute approximate surface area is 115 Å². The molecule has 0 heterocycles. The standard InChI is InChI=1S/C16H23NO2/c1-6-8-19-16(18)13(5)17-15-12(4)9-11(3)10-14(15)7-2/h6,9-10,13,17H,1,7-8H2,2-5H3/t13-/m0/s1. The van der Waals surface area contributed by atoms with Gasteiger partial charge in [-0.1, -0.05) is 37.3 Å². The highest BCUT2D eigenvalue weighted by Crippen LogP contribution is 2.24. The van der Waals surface area contributed by atoms with Crippen molar-refractivity contribution in [3.63, 3.8) is 0 Å². The Kier molecular flexibility index (Phi) is 5.61. The molecule has 0 aliphatic rings. The zero-order valence-electron chi connectivity index (χ0n) is 12.2. The van der Waals surface area contributed by atoms with Crippen LogP contribution >= 0.6 is 0 Å². The molecule has 0 amide bonds. The maximum atomic E-state index is 11.8. The van der Waals surface area contributed by atoms with Crippen LogP contribution in [0.25, 0.3) is 0 Å². The zero-order valence-corrected chi connectivity index (χ0v) is 12.2. The second kappa shape index (κ2) is 6.98. The molecule has 3 heteroatoms. The van der Waals surface area contributed by atoms with Gasteiger partial charge in [-0.05, 0) is 38.3 Å². The normalized spacial score (nSPS) is 11.8. The highest BCUT2D eigenvalue weighted by atomic mass is 16.5. The van der Waals surface area contributed by atoms with Crippen LogP contribution in [-0.2, 0) is 16.0 Å². The fourth-order valence-corrected chi connectivity index (χ4v) is 2.08. The minimum Gasteiger partial charge on any atom is -0.460 e. The number of ether oxygens (including phenoxy) is 1. The first-order valence-corrected chi connectivity index (χ1v) is 6.63. The van der Waals surface area contributed by atoms with Crippen molar-refractivity contribution < 1.29 is 9.53 Å². The van der Waals surface area contributed by atoms with E-state index in [0.717, 1.165) is 17.7 Å². The molecule has 0 fully saturated rings. The van der Waals surface area contributed by atoms with Crippen molar-refractivity contribution in [2.75, 3.05) is 11.9 Å². The number of hydrogen-bond acceptors (Lipinski definition) is 3. The summed E-state index contributed by atoms with van der Waals surface area (Å²) >= 11 is 0. The van der Waals surface area contributed by atoms with Gasteiger partial charge in [-0.25, -0.2) is 4.79 Å². The zero-order chi connectivity index (χ0) is 14.4. The minimum absolute atomic E-state index is 0.248. The smallest absolute Gasteiger partial charge is 0.328 e. The van der Waals surface area contributed by atoms with Gasteiger partial charge in [0.25, 0.3) is 0 Å². The fourth-order valence-electron chi connectivity index (χ4n) is 2.08. The quantitative estimate of drug-likeness (QED) is 0.630. The third kappa shape index (κ3) is 4.12. The van der Waals surface area contributed by atoms with Gasteiger partial charge in [0.1, 0.15) is 12.6 Å². The summed E-state index contributed by atoms with van der Waals surface area (Å²) in [5, 5.41) is 3.26. The molecule has 0 saturated heterocycles. The monoisotopic (exact) mass is 261 g/mol. The predicted molar refractivity (Wildman–Crippen MR) is 79.5 cm³/mol. The van der Waals surface area contributed by atoms with E-state index in [4.69, 9.17) is 4.74 Å². The van der Waals surface area contributed by atoms with Crippen molar-refractivity contribution in [1.29, 1.82) is 0 Å². The van der Waals surface area contributed by atoms with Gasteiger partial charge in [-0.2, -0.15) is 0 Å². The second-order valence-corrected chi connectivity index (χ2v) is 4.75. The molecule has 0 aromatic heterocycles. The topological polar surface area (TPSA) is 38.3 Å². The number of rotatable bonds is 6. The molecule has 1 aromatic rings. The maximum Gasteiger partial charge on any atom is 0.328 e. The van der Waals surface area contributed by atoms with E-state index >= 15 is 0 Å². The SMILES string of the molecule is C=CCOC(=O)[C@H](C)Nc1c(C)cc(C)cc1CC. The molecule has 0 saturated carbocycles. The molecule has 0 spiro atoms. The van der Waals surface area contributed by atoms with Gasteiger partial charge in [0.15, 0.2) is 0 Å². The predicted octanol–water partition coefficient (Wildman–Crippen LogP) is 3.40. The summed E-state index contributed by atoms with van der Waals surface area (Å²) in [6, 6.07) is 3.90. The molecule has 1 rings (SSSR count). The van der Waals surface area contributed by atoms with E-state index in [2.05, 4.69) is 44.8 Å². The molecule has 104 valence electrons. The molecule has 1 N–H and O–H groups in total. The van der Waals surface area contributed by atoms with Crippen LogP contribution in [0, 0.1) is 13.8 Å². The lowest BCUT2D eigenvalue weighted by molar-refractivity contribution is -0.142. The minimum atomic E-state index is -0.369. The Morgan fingerprint density at radius 3 is 2.74 bits per heavy atom. The Balaban J connectivity index is 2.86. The Morgan fingerprint density at radius 1 is 1.47 bits per heavy atom. The average Bonchev–Trinajstić information content (AvgIpc) is 2.38. The molecular weight excluding hydrogens is 238 g/mol. The van der Waals surface area contributed by atoms with Crippen molar-refractivity contribution in [2.45, 2.75) is 40.2 Å². The number of benzene rings is 1. The highest BCUT2D eigenvalue weighted by Gasteiger charge is 2.16. The fraction of sp³-hybridized carbons (Fsp3) is 0.438. The average molecular weight is 261 g/mol. The lowest BCUT2D eigenvalue weighted by atomic mass is 10.0. The van der Waals surface area contributed by atoms with Gasteiger partial charge in [0, 0.05) is 5.69 Å².